The number of rotatable bonds is 11. The molecular weight excluding hydrogens is 230 g/mol. The zero-order chi connectivity index (χ0) is 14.7. The lowest BCUT2D eigenvalue weighted by molar-refractivity contribution is 0.233. The van der Waals surface area contributed by atoms with Crippen LogP contribution in [0.3, 0.4) is 0 Å². The molecule has 19 heavy (non-hydrogen) atoms. The molecule has 110 valence electrons. The molecule has 0 fully saturated rings. The van der Waals surface area contributed by atoms with E-state index >= 15 is 0 Å². The minimum absolute atomic E-state index is 0.558. The van der Waals surface area contributed by atoms with Crippen molar-refractivity contribution >= 4 is 0 Å². The molecule has 0 N–H and O–H groups in total. The van der Waals surface area contributed by atoms with Crippen LogP contribution in [0.5, 0.6) is 0 Å². The van der Waals surface area contributed by atoms with Crippen molar-refractivity contribution in [2.75, 3.05) is 13.6 Å². The van der Waals surface area contributed by atoms with E-state index in [-0.39, 0.29) is 0 Å². The lowest BCUT2D eigenvalue weighted by Crippen LogP contribution is -2.30. The van der Waals surface area contributed by atoms with Gasteiger partial charge in [0.05, 0.1) is 0 Å². The molecule has 2 unspecified atom stereocenters. The normalized spacial score (nSPS) is 14.8. The van der Waals surface area contributed by atoms with Gasteiger partial charge in [-0.15, -0.1) is 0 Å². The van der Waals surface area contributed by atoms with Crippen LogP contribution >= 0.6 is 0 Å². The molecule has 0 aromatic rings. The van der Waals surface area contributed by atoms with Crippen molar-refractivity contribution in [3.05, 3.63) is 37.0 Å². The molecule has 1 heteroatoms. The second kappa shape index (κ2) is 11.0. The number of hydrogen-bond donors (Lipinski definition) is 0. The Morgan fingerprint density at radius 1 is 1.21 bits per heavy atom. The molecule has 0 aliphatic heterocycles. The van der Waals surface area contributed by atoms with Gasteiger partial charge in [-0.1, -0.05) is 63.6 Å². The van der Waals surface area contributed by atoms with E-state index in [9.17, 15) is 0 Å². The predicted octanol–water partition coefficient (Wildman–Crippen LogP) is 5.21. The average Bonchev–Trinajstić information content (AvgIpc) is 2.41. The SMILES string of the molecule is C=C/C=C\C(=C)C(C)CCC(C)N(C)CCCCC. The summed E-state index contributed by atoms with van der Waals surface area (Å²) in [5, 5.41) is 0. The fourth-order valence-electron chi connectivity index (χ4n) is 2.08. The first-order valence-electron chi connectivity index (χ1n) is 7.71. The molecule has 0 aliphatic carbocycles. The lowest BCUT2D eigenvalue weighted by Gasteiger charge is -2.26. The van der Waals surface area contributed by atoms with Crippen molar-refractivity contribution < 1.29 is 0 Å². The molecule has 0 amide bonds. The molecule has 0 aliphatic rings. The van der Waals surface area contributed by atoms with Crippen LogP contribution in [0.4, 0.5) is 0 Å². The van der Waals surface area contributed by atoms with E-state index in [1.807, 2.05) is 12.2 Å². The van der Waals surface area contributed by atoms with E-state index in [1.165, 1.54) is 44.2 Å². The van der Waals surface area contributed by atoms with Gasteiger partial charge in [0.2, 0.25) is 0 Å². The molecule has 0 spiro atoms. The summed E-state index contributed by atoms with van der Waals surface area (Å²) in [6.07, 6.45) is 12.3. The van der Waals surface area contributed by atoms with Crippen LogP contribution < -0.4 is 0 Å². The third-order valence-corrected chi connectivity index (χ3v) is 3.96. The molecule has 0 rings (SSSR count). The predicted molar refractivity (Wildman–Crippen MR) is 88.5 cm³/mol. The van der Waals surface area contributed by atoms with E-state index < -0.39 is 0 Å². The summed E-state index contributed by atoms with van der Waals surface area (Å²) >= 11 is 0. The van der Waals surface area contributed by atoms with Gasteiger partial charge in [-0.25, -0.2) is 0 Å². The lowest BCUT2D eigenvalue weighted by atomic mass is 9.94. The van der Waals surface area contributed by atoms with Crippen molar-refractivity contribution in [3.8, 4) is 0 Å². The second-order valence-electron chi connectivity index (χ2n) is 5.68. The fourth-order valence-corrected chi connectivity index (χ4v) is 2.08. The van der Waals surface area contributed by atoms with Gasteiger partial charge in [-0.05, 0) is 45.7 Å². The Kier molecular flexibility index (Phi) is 10.6. The summed E-state index contributed by atoms with van der Waals surface area (Å²) in [6, 6.07) is 0.662. The van der Waals surface area contributed by atoms with Crippen LogP contribution in [0.1, 0.15) is 52.9 Å². The molecule has 1 nitrogen and oxygen atoms in total. The summed E-state index contributed by atoms with van der Waals surface area (Å²) < 4.78 is 0. The molecule has 0 aromatic heterocycles. The van der Waals surface area contributed by atoms with Crippen LogP contribution in [0, 0.1) is 5.92 Å². The third kappa shape index (κ3) is 8.83. The number of allylic oxidation sites excluding steroid dienone is 4. The van der Waals surface area contributed by atoms with Crippen molar-refractivity contribution in [2.45, 2.75) is 58.9 Å². The largest absolute Gasteiger partial charge is 0.304 e. The molecule has 0 heterocycles. The van der Waals surface area contributed by atoms with Gasteiger partial charge in [-0.2, -0.15) is 0 Å². The Balaban J connectivity index is 3.93. The standard InChI is InChI=1S/C18H33N/c1-7-9-11-15-19(6)18(5)14-13-17(4)16(3)12-10-8-2/h8,10,12,17-18H,2-3,7,9,11,13-15H2,1,4-6H3/b12-10-. The topological polar surface area (TPSA) is 3.24 Å². The number of hydrogen-bond acceptors (Lipinski definition) is 1. The molecule has 0 radical (unpaired) electrons. The van der Waals surface area contributed by atoms with Gasteiger partial charge < -0.3 is 4.90 Å². The Morgan fingerprint density at radius 3 is 2.47 bits per heavy atom. The maximum Gasteiger partial charge on any atom is 0.00640 e. The Hall–Kier alpha value is -0.820. The van der Waals surface area contributed by atoms with Crippen LogP contribution in [-0.2, 0) is 0 Å². The highest BCUT2D eigenvalue weighted by atomic mass is 15.1. The minimum atomic E-state index is 0.558. The quantitative estimate of drug-likeness (QED) is 0.365. The Labute approximate surface area is 121 Å². The summed E-state index contributed by atoms with van der Waals surface area (Å²) in [5.41, 5.74) is 1.21. The molecule has 0 aromatic carbocycles. The van der Waals surface area contributed by atoms with Crippen LogP contribution in [0.25, 0.3) is 0 Å². The van der Waals surface area contributed by atoms with Crippen molar-refractivity contribution in [1.82, 2.24) is 4.90 Å². The van der Waals surface area contributed by atoms with Crippen molar-refractivity contribution in [3.63, 3.8) is 0 Å². The van der Waals surface area contributed by atoms with Gasteiger partial charge in [0.1, 0.15) is 0 Å². The van der Waals surface area contributed by atoms with E-state index in [0.29, 0.717) is 12.0 Å². The highest BCUT2D eigenvalue weighted by Crippen LogP contribution is 2.19. The highest BCUT2D eigenvalue weighted by Gasteiger charge is 2.11. The summed E-state index contributed by atoms with van der Waals surface area (Å²) in [5.74, 6) is 0.558. The smallest absolute Gasteiger partial charge is 0.00640 e. The Bertz CT molecular complexity index is 277. The first kappa shape index (κ1) is 18.2. The molecule has 0 bridgehead atoms. The zero-order valence-electron chi connectivity index (χ0n) is 13.5. The van der Waals surface area contributed by atoms with Crippen molar-refractivity contribution in [2.24, 2.45) is 5.92 Å². The van der Waals surface area contributed by atoms with Crippen LogP contribution in [0.15, 0.2) is 37.0 Å². The maximum absolute atomic E-state index is 4.13. The summed E-state index contributed by atoms with van der Waals surface area (Å²) in [6.45, 7) is 15.9. The summed E-state index contributed by atoms with van der Waals surface area (Å²) in [4.78, 5) is 2.49. The van der Waals surface area contributed by atoms with Gasteiger partial charge in [0, 0.05) is 6.04 Å². The van der Waals surface area contributed by atoms with E-state index in [1.54, 1.807) is 0 Å². The molecule has 0 saturated heterocycles. The van der Waals surface area contributed by atoms with Gasteiger partial charge in [-0.3, -0.25) is 0 Å². The van der Waals surface area contributed by atoms with E-state index in [0.717, 1.165) is 0 Å². The van der Waals surface area contributed by atoms with Gasteiger partial charge in [0.25, 0.3) is 0 Å². The highest BCUT2D eigenvalue weighted by molar-refractivity contribution is 5.20. The monoisotopic (exact) mass is 263 g/mol. The maximum atomic E-state index is 4.13. The summed E-state index contributed by atoms with van der Waals surface area (Å²) in [7, 11) is 2.25. The Morgan fingerprint density at radius 2 is 1.89 bits per heavy atom. The molecule has 0 saturated carbocycles. The first-order valence-corrected chi connectivity index (χ1v) is 7.71. The minimum Gasteiger partial charge on any atom is -0.304 e. The molecular formula is C18H33N. The first-order chi connectivity index (χ1) is 9.02. The van der Waals surface area contributed by atoms with Crippen LogP contribution in [-0.4, -0.2) is 24.5 Å². The average molecular weight is 263 g/mol. The van der Waals surface area contributed by atoms with Gasteiger partial charge in [0.15, 0.2) is 0 Å². The molecule has 2 atom stereocenters. The van der Waals surface area contributed by atoms with Gasteiger partial charge >= 0.3 is 0 Å². The number of unbranched alkanes of at least 4 members (excludes halogenated alkanes) is 2. The zero-order valence-corrected chi connectivity index (χ0v) is 13.5. The fraction of sp³-hybridized carbons (Fsp3) is 0.667. The van der Waals surface area contributed by atoms with Crippen molar-refractivity contribution in [1.29, 1.82) is 0 Å². The van der Waals surface area contributed by atoms with E-state index in [2.05, 4.69) is 52.0 Å². The second-order valence-corrected chi connectivity index (χ2v) is 5.68. The number of nitrogens with zero attached hydrogens (tertiary/aromatic N) is 1. The van der Waals surface area contributed by atoms with Crippen LogP contribution in [0.2, 0.25) is 0 Å². The van der Waals surface area contributed by atoms with E-state index in [4.69, 9.17) is 0 Å². The third-order valence-electron chi connectivity index (χ3n) is 3.96.